The molecule has 0 radical (unpaired) electrons. The fraction of sp³-hybridized carbons (Fsp3) is 0.444. The molecule has 0 atom stereocenters. The van der Waals surface area contributed by atoms with Crippen LogP contribution in [0.2, 0.25) is 0 Å². The second-order valence-corrected chi connectivity index (χ2v) is 11.6. The predicted octanol–water partition coefficient (Wildman–Crippen LogP) is 7.00. The van der Waals surface area contributed by atoms with Crippen molar-refractivity contribution >= 4 is 22.6 Å². The Balaban J connectivity index is 1.42. The van der Waals surface area contributed by atoms with Crippen molar-refractivity contribution in [3.8, 4) is 11.1 Å². The van der Waals surface area contributed by atoms with Gasteiger partial charge in [0.25, 0.3) is 0 Å². The lowest BCUT2D eigenvalue weighted by molar-refractivity contribution is 0.0512. The summed E-state index contributed by atoms with van der Waals surface area (Å²) in [6.07, 6.45) is 8.62. The highest BCUT2D eigenvalue weighted by Crippen LogP contribution is 2.39. The maximum absolute atomic E-state index is 13.7. The van der Waals surface area contributed by atoms with E-state index in [1.165, 1.54) is 11.1 Å². The number of methoxy groups -OCH3 is 1. The van der Waals surface area contributed by atoms with Gasteiger partial charge in [0.1, 0.15) is 11.5 Å². The van der Waals surface area contributed by atoms with Gasteiger partial charge < -0.3 is 23.5 Å². The molecule has 2 aromatic carbocycles. The van der Waals surface area contributed by atoms with Crippen molar-refractivity contribution in [2.75, 3.05) is 26.9 Å². The maximum atomic E-state index is 13.7. The largest absolute Gasteiger partial charge is 0.493 e. The highest BCUT2D eigenvalue weighted by Gasteiger charge is 2.28. The summed E-state index contributed by atoms with van der Waals surface area (Å²) in [4.78, 5) is 13.7. The van der Waals surface area contributed by atoms with Gasteiger partial charge in [-0.15, -0.1) is 0 Å². The van der Waals surface area contributed by atoms with Crippen LogP contribution in [0.15, 0.2) is 48.5 Å². The van der Waals surface area contributed by atoms with E-state index >= 15 is 0 Å². The van der Waals surface area contributed by atoms with Crippen molar-refractivity contribution in [1.82, 2.24) is 14.3 Å². The van der Waals surface area contributed by atoms with Gasteiger partial charge in [-0.1, -0.05) is 42.5 Å². The molecule has 1 aliphatic carbocycles. The number of carbonyl (C=O) groups excluding carboxylic acids is 1. The van der Waals surface area contributed by atoms with E-state index < -0.39 is 0 Å². The van der Waals surface area contributed by atoms with Crippen LogP contribution >= 0.6 is 0 Å². The van der Waals surface area contributed by atoms with Crippen molar-refractivity contribution in [2.24, 2.45) is 7.05 Å². The molecular weight excluding hydrogens is 554 g/mol. The number of aromatic nitrogens is 3. The minimum atomic E-state index is -0.270. The third-order valence-electron chi connectivity index (χ3n) is 8.71. The van der Waals surface area contributed by atoms with E-state index in [1.807, 2.05) is 18.7 Å². The van der Waals surface area contributed by atoms with Gasteiger partial charge in [0, 0.05) is 49.4 Å². The molecule has 6 rings (SSSR count). The summed E-state index contributed by atoms with van der Waals surface area (Å²) in [6, 6.07) is 14.8. The van der Waals surface area contributed by atoms with Crippen molar-refractivity contribution < 1.29 is 23.7 Å². The van der Waals surface area contributed by atoms with E-state index in [4.69, 9.17) is 24.0 Å². The molecule has 0 saturated carbocycles. The van der Waals surface area contributed by atoms with Crippen LogP contribution in [0.4, 0.5) is 0 Å². The molecule has 2 aromatic heterocycles. The number of benzene rings is 2. The number of hydrogen-bond acceptors (Lipinski definition) is 6. The monoisotopic (exact) mass is 597 g/mol. The highest BCUT2D eigenvalue weighted by molar-refractivity contribution is 6.05. The van der Waals surface area contributed by atoms with Gasteiger partial charge in [-0.25, -0.2) is 4.79 Å². The summed E-state index contributed by atoms with van der Waals surface area (Å²) < 4.78 is 27.9. The van der Waals surface area contributed by atoms with E-state index in [0.29, 0.717) is 45.1 Å². The Morgan fingerprint density at radius 3 is 2.80 bits per heavy atom. The fourth-order valence-electron chi connectivity index (χ4n) is 6.76. The number of fused-ring (bicyclic) bond motifs is 3. The molecule has 44 heavy (non-hydrogen) atoms. The van der Waals surface area contributed by atoms with Gasteiger partial charge in [0.15, 0.2) is 0 Å². The molecule has 0 amide bonds. The van der Waals surface area contributed by atoms with Crippen LogP contribution < -0.4 is 0 Å². The molecule has 0 unspecified atom stereocenters. The van der Waals surface area contributed by atoms with Crippen molar-refractivity contribution in [3.63, 3.8) is 0 Å². The summed E-state index contributed by atoms with van der Waals surface area (Å²) >= 11 is 0. The molecule has 0 saturated heterocycles. The van der Waals surface area contributed by atoms with Crippen LogP contribution in [-0.2, 0) is 58.6 Å². The normalized spacial score (nSPS) is 15.1. The highest BCUT2D eigenvalue weighted by atomic mass is 16.5. The molecule has 2 aliphatic rings. The van der Waals surface area contributed by atoms with E-state index in [9.17, 15) is 4.79 Å². The summed E-state index contributed by atoms with van der Waals surface area (Å²) in [6.45, 7) is 5.01. The molecule has 8 nitrogen and oxygen atoms in total. The van der Waals surface area contributed by atoms with Crippen LogP contribution in [0, 0.1) is 0 Å². The Labute approximate surface area is 259 Å². The molecule has 1 aliphatic heterocycles. The molecular formula is C36H43N3O5. The molecule has 8 heteroatoms. The number of esters is 1. The Morgan fingerprint density at radius 2 is 1.93 bits per heavy atom. The summed E-state index contributed by atoms with van der Waals surface area (Å²) in [5, 5.41) is 5.91. The molecule has 3 heterocycles. The second-order valence-electron chi connectivity index (χ2n) is 11.6. The van der Waals surface area contributed by atoms with Crippen LogP contribution in [0.5, 0.6) is 0 Å². The van der Waals surface area contributed by atoms with Gasteiger partial charge in [-0.05, 0) is 69.1 Å². The standard InChI is InChI=1S/C36H43N3O5/c1-4-43-36(40)35-28(18-12-22-44-32-19-10-14-25-13-6-7-15-26(25)32)27-16-11-17-29-33-30(23-41-3)37-38(2)31(33)24-42-21-9-5-8-20-39(35)34(27)29/h6-7,11,13,15-17,19H,4-5,8-10,12,14,18,20-24H2,1-3H3. The first-order chi connectivity index (χ1) is 21.6. The SMILES string of the molecule is CCOC(=O)c1c(CCCOC2=CCCc3ccccc32)c2cccc3c2n1CCCCCOCc1c-3c(COC)nn1C. The quantitative estimate of drug-likeness (QED) is 0.153. The number of rotatable bonds is 9. The lowest BCUT2D eigenvalue weighted by atomic mass is 9.96. The summed E-state index contributed by atoms with van der Waals surface area (Å²) in [5.74, 6) is 0.693. The van der Waals surface area contributed by atoms with Crippen LogP contribution in [0.3, 0.4) is 0 Å². The Kier molecular flexibility index (Phi) is 9.48. The first-order valence-electron chi connectivity index (χ1n) is 16.0. The Bertz CT molecular complexity index is 1660. The zero-order chi connectivity index (χ0) is 30.5. The van der Waals surface area contributed by atoms with Gasteiger partial charge in [0.05, 0.1) is 43.3 Å². The number of nitrogens with zero attached hydrogens (tertiary/aromatic N) is 3. The second kappa shape index (κ2) is 13.8. The van der Waals surface area contributed by atoms with Crippen LogP contribution in [0.1, 0.15) is 77.6 Å². The Morgan fingerprint density at radius 1 is 1.07 bits per heavy atom. The third-order valence-corrected chi connectivity index (χ3v) is 8.71. The number of carbonyl (C=O) groups is 1. The first-order valence-corrected chi connectivity index (χ1v) is 16.0. The third kappa shape index (κ3) is 5.93. The Hall–Kier alpha value is -3.88. The summed E-state index contributed by atoms with van der Waals surface area (Å²) in [5.41, 5.74) is 9.17. The van der Waals surface area contributed by atoms with Gasteiger partial charge >= 0.3 is 5.97 Å². The zero-order valence-corrected chi connectivity index (χ0v) is 26.2. The molecule has 0 spiro atoms. The molecule has 4 aromatic rings. The lowest BCUT2D eigenvalue weighted by Gasteiger charge is -2.18. The van der Waals surface area contributed by atoms with Crippen molar-refractivity contribution in [3.05, 3.63) is 82.3 Å². The smallest absolute Gasteiger partial charge is 0.355 e. The van der Waals surface area contributed by atoms with Crippen LogP contribution in [0.25, 0.3) is 27.8 Å². The number of allylic oxidation sites excluding steroid dienone is 1. The lowest BCUT2D eigenvalue weighted by Crippen LogP contribution is -2.15. The van der Waals surface area contributed by atoms with E-state index in [0.717, 1.165) is 89.8 Å². The van der Waals surface area contributed by atoms with Gasteiger partial charge in [-0.3, -0.25) is 4.68 Å². The average molecular weight is 598 g/mol. The number of para-hydroxylation sites is 1. The average Bonchev–Trinajstić information content (AvgIpc) is 3.51. The first kappa shape index (κ1) is 30.2. The van der Waals surface area contributed by atoms with Gasteiger partial charge in [0.2, 0.25) is 0 Å². The fourth-order valence-corrected chi connectivity index (χ4v) is 6.76. The van der Waals surface area contributed by atoms with Crippen molar-refractivity contribution in [2.45, 2.75) is 71.6 Å². The van der Waals surface area contributed by atoms with Crippen LogP contribution in [-0.4, -0.2) is 47.2 Å². The van der Waals surface area contributed by atoms with Crippen molar-refractivity contribution in [1.29, 1.82) is 0 Å². The summed E-state index contributed by atoms with van der Waals surface area (Å²) in [7, 11) is 3.65. The van der Waals surface area contributed by atoms with E-state index in [2.05, 4.69) is 53.1 Å². The molecule has 232 valence electrons. The predicted molar refractivity (Wildman–Crippen MR) is 171 cm³/mol. The van der Waals surface area contributed by atoms with E-state index in [1.54, 1.807) is 7.11 Å². The number of aryl methyl sites for hydroxylation is 4. The topological polar surface area (TPSA) is 76.7 Å². The zero-order valence-electron chi connectivity index (χ0n) is 26.2. The van der Waals surface area contributed by atoms with Gasteiger partial charge in [-0.2, -0.15) is 5.10 Å². The molecule has 0 fully saturated rings. The molecule has 0 N–H and O–H groups in total. The minimum Gasteiger partial charge on any atom is -0.493 e. The number of hydrogen-bond donors (Lipinski definition) is 0. The van der Waals surface area contributed by atoms with E-state index in [-0.39, 0.29) is 5.97 Å². The molecule has 0 bridgehead atoms. The maximum Gasteiger partial charge on any atom is 0.355 e. The number of ether oxygens (including phenoxy) is 4. The minimum absolute atomic E-state index is 0.270.